The smallest absolute Gasteiger partial charge is 0.294 e. The zero-order chi connectivity index (χ0) is 21.8. The molecular formula is C23H29N3O4S. The normalized spacial score (nSPS) is 21.2. The van der Waals surface area contributed by atoms with E-state index in [0.29, 0.717) is 23.7 Å². The van der Waals surface area contributed by atoms with E-state index in [9.17, 15) is 14.4 Å². The molecule has 3 heterocycles. The van der Waals surface area contributed by atoms with Crippen LogP contribution in [0.15, 0.2) is 23.1 Å². The van der Waals surface area contributed by atoms with E-state index in [1.165, 1.54) is 12.8 Å². The van der Waals surface area contributed by atoms with Gasteiger partial charge in [0, 0.05) is 43.5 Å². The second-order valence-electron chi connectivity index (χ2n) is 8.18. The minimum absolute atomic E-state index is 0.155. The molecule has 3 aliphatic heterocycles. The maximum absolute atomic E-state index is 12.9. The number of rotatable bonds is 5. The van der Waals surface area contributed by atoms with Gasteiger partial charge in [0.1, 0.15) is 12.3 Å². The minimum Gasteiger partial charge on any atom is -0.496 e. The molecule has 3 amide bonds. The number of thioether (sulfide) groups is 1. The molecule has 1 aromatic carbocycles. The molecule has 1 aromatic rings. The predicted octanol–water partition coefficient (Wildman–Crippen LogP) is 3.73. The summed E-state index contributed by atoms with van der Waals surface area (Å²) in [5.41, 5.74) is 1.84. The van der Waals surface area contributed by atoms with Crippen molar-refractivity contribution in [2.75, 3.05) is 44.7 Å². The van der Waals surface area contributed by atoms with Crippen LogP contribution in [-0.2, 0) is 9.59 Å². The zero-order valence-electron chi connectivity index (χ0n) is 18.0. The fourth-order valence-corrected chi connectivity index (χ4v) is 5.15. The van der Waals surface area contributed by atoms with Crippen molar-refractivity contribution in [2.24, 2.45) is 0 Å². The van der Waals surface area contributed by atoms with Gasteiger partial charge in [0.15, 0.2) is 0 Å². The molecule has 3 fully saturated rings. The van der Waals surface area contributed by atoms with E-state index in [2.05, 4.69) is 4.90 Å². The Hall–Kier alpha value is -2.48. The van der Waals surface area contributed by atoms with Gasteiger partial charge in [0.25, 0.3) is 11.1 Å². The van der Waals surface area contributed by atoms with Crippen LogP contribution in [0, 0.1) is 0 Å². The molecule has 0 saturated carbocycles. The Morgan fingerprint density at radius 2 is 1.71 bits per heavy atom. The highest BCUT2D eigenvalue weighted by Gasteiger charge is 2.37. The minimum atomic E-state index is -0.413. The second-order valence-corrected chi connectivity index (χ2v) is 9.18. The van der Waals surface area contributed by atoms with Crippen LogP contribution in [0.2, 0.25) is 0 Å². The lowest BCUT2D eigenvalue weighted by atomic mass is 10.1. The zero-order valence-corrected chi connectivity index (χ0v) is 18.8. The fourth-order valence-electron chi connectivity index (χ4n) is 4.32. The van der Waals surface area contributed by atoms with Crippen molar-refractivity contribution in [2.45, 2.75) is 38.5 Å². The maximum atomic E-state index is 12.9. The molecule has 4 rings (SSSR count). The van der Waals surface area contributed by atoms with Crippen molar-refractivity contribution in [1.29, 1.82) is 0 Å². The first-order valence-electron chi connectivity index (χ1n) is 11.0. The van der Waals surface area contributed by atoms with Crippen LogP contribution in [0.4, 0.5) is 10.5 Å². The number of hydrogen-bond acceptors (Lipinski definition) is 6. The molecule has 3 saturated heterocycles. The Morgan fingerprint density at radius 3 is 2.39 bits per heavy atom. The Morgan fingerprint density at radius 1 is 1.03 bits per heavy atom. The van der Waals surface area contributed by atoms with Gasteiger partial charge >= 0.3 is 0 Å². The van der Waals surface area contributed by atoms with Crippen molar-refractivity contribution < 1.29 is 19.1 Å². The maximum Gasteiger partial charge on any atom is 0.294 e. The van der Waals surface area contributed by atoms with Gasteiger partial charge in [0.2, 0.25) is 5.91 Å². The van der Waals surface area contributed by atoms with E-state index >= 15 is 0 Å². The Bertz CT molecular complexity index is 887. The van der Waals surface area contributed by atoms with Crippen molar-refractivity contribution in [3.63, 3.8) is 0 Å². The van der Waals surface area contributed by atoms with Gasteiger partial charge in [-0.2, -0.15) is 0 Å². The summed E-state index contributed by atoms with van der Waals surface area (Å²) in [6, 6.07) is 5.92. The topological polar surface area (TPSA) is 70.2 Å². The average Bonchev–Trinajstić information content (AvgIpc) is 3.29. The molecule has 0 aliphatic carbocycles. The van der Waals surface area contributed by atoms with Crippen molar-refractivity contribution in [3.8, 4) is 5.75 Å². The fraction of sp³-hybridized carbons (Fsp3) is 0.522. The van der Waals surface area contributed by atoms with Crippen LogP contribution in [0.25, 0.3) is 6.08 Å². The predicted molar refractivity (Wildman–Crippen MR) is 122 cm³/mol. The molecule has 0 bridgehead atoms. The summed E-state index contributed by atoms with van der Waals surface area (Å²) >= 11 is 0.880. The van der Waals surface area contributed by atoms with Gasteiger partial charge < -0.3 is 14.5 Å². The number of hydrogen-bond donors (Lipinski definition) is 0. The van der Waals surface area contributed by atoms with Crippen LogP contribution in [0.3, 0.4) is 0 Å². The van der Waals surface area contributed by atoms with E-state index < -0.39 is 11.1 Å². The third-order valence-electron chi connectivity index (χ3n) is 6.10. The number of likely N-dealkylation sites (tertiary alicyclic amines) is 1. The molecule has 8 heteroatoms. The number of ether oxygens (including phenoxy) is 1. The average molecular weight is 444 g/mol. The summed E-state index contributed by atoms with van der Waals surface area (Å²) in [5.74, 6) is 0.0960. The van der Waals surface area contributed by atoms with E-state index in [0.717, 1.165) is 66.7 Å². The van der Waals surface area contributed by atoms with Gasteiger partial charge in [-0.1, -0.05) is 12.8 Å². The number of carbonyl (C=O) groups is 3. The first kappa shape index (κ1) is 21.7. The molecule has 3 aliphatic rings. The number of amides is 3. The van der Waals surface area contributed by atoms with Gasteiger partial charge in [-0.05, 0) is 55.7 Å². The van der Waals surface area contributed by atoms with Gasteiger partial charge in [-0.25, -0.2) is 0 Å². The van der Waals surface area contributed by atoms with Crippen LogP contribution in [-0.4, -0.2) is 66.7 Å². The van der Waals surface area contributed by atoms with Crippen LogP contribution in [0.5, 0.6) is 5.75 Å². The summed E-state index contributed by atoms with van der Waals surface area (Å²) in [5, 5.41) is -0.396. The van der Waals surface area contributed by atoms with Crippen LogP contribution < -0.4 is 9.64 Å². The highest BCUT2D eigenvalue weighted by molar-refractivity contribution is 8.18. The third-order valence-corrected chi connectivity index (χ3v) is 7.01. The van der Waals surface area contributed by atoms with Crippen molar-refractivity contribution in [3.05, 3.63) is 28.7 Å². The molecule has 7 nitrogen and oxygen atoms in total. The quantitative estimate of drug-likeness (QED) is 0.646. The number of methoxy groups -OCH3 is 1. The highest BCUT2D eigenvalue weighted by Crippen LogP contribution is 2.35. The van der Waals surface area contributed by atoms with E-state index in [1.54, 1.807) is 18.1 Å². The monoisotopic (exact) mass is 443 g/mol. The van der Waals surface area contributed by atoms with E-state index in [4.69, 9.17) is 4.74 Å². The number of carbonyl (C=O) groups excluding carboxylic acids is 3. The number of anilines is 1. The summed E-state index contributed by atoms with van der Waals surface area (Å²) < 4.78 is 5.55. The number of benzene rings is 1. The summed E-state index contributed by atoms with van der Waals surface area (Å²) in [6.07, 6.45) is 8.25. The summed E-state index contributed by atoms with van der Waals surface area (Å²) in [4.78, 5) is 43.5. The molecule has 166 valence electrons. The number of imide groups is 1. The van der Waals surface area contributed by atoms with E-state index in [-0.39, 0.29) is 12.5 Å². The lowest BCUT2D eigenvalue weighted by Crippen LogP contribution is -2.42. The molecule has 0 N–H and O–H groups in total. The van der Waals surface area contributed by atoms with Crippen molar-refractivity contribution in [1.82, 2.24) is 9.80 Å². The Balaban J connectivity index is 1.48. The third kappa shape index (κ3) is 4.89. The molecule has 0 unspecified atom stereocenters. The largest absolute Gasteiger partial charge is 0.496 e. The molecule has 31 heavy (non-hydrogen) atoms. The SMILES string of the molecule is COc1cc(N2CCCC2)ccc1C=C1SC(=O)N(CC(=O)N2CCCCCC2)C1=O. The van der Waals surface area contributed by atoms with Crippen LogP contribution >= 0.6 is 11.8 Å². The Kier molecular flexibility index (Phi) is 6.85. The van der Waals surface area contributed by atoms with Crippen molar-refractivity contribution >= 4 is 40.6 Å². The van der Waals surface area contributed by atoms with Gasteiger partial charge in [0.05, 0.1) is 12.0 Å². The first-order chi connectivity index (χ1) is 15.1. The molecule has 0 atom stereocenters. The molecule has 0 spiro atoms. The first-order valence-corrected chi connectivity index (χ1v) is 11.8. The van der Waals surface area contributed by atoms with E-state index in [1.807, 2.05) is 18.2 Å². The summed E-state index contributed by atoms with van der Waals surface area (Å²) in [7, 11) is 1.60. The lowest BCUT2D eigenvalue weighted by molar-refractivity contribution is -0.135. The lowest BCUT2D eigenvalue weighted by Gasteiger charge is -2.22. The van der Waals surface area contributed by atoms with Gasteiger partial charge in [-0.3, -0.25) is 19.3 Å². The molecular weight excluding hydrogens is 414 g/mol. The number of nitrogens with zero attached hydrogens (tertiary/aromatic N) is 3. The van der Waals surface area contributed by atoms with Crippen LogP contribution in [0.1, 0.15) is 44.1 Å². The Labute approximate surface area is 187 Å². The summed E-state index contributed by atoms with van der Waals surface area (Å²) in [6.45, 7) is 3.28. The second kappa shape index (κ2) is 9.77. The molecule has 0 aromatic heterocycles. The standard InChI is InChI=1S/C23H29N3O4S/c1-30-19-15-18(24-10-6-7-11-24)9-8-17(19)14-20-22(28)26(23(29)31-20)16-21(27)25-12-4-2-3-5-13-25/h8-9,14-15H,2-7,10-13,16H2,1H3. The molecule has 0 radical (unpaired) electrons. The highest BCUT2D eigenvalue weighted by atomic mass is 32.2. The van der Waals surface area contributed by atoms with Gasteiger partial charge in [-0.15, -0.1) is 0 Å².